The first-order chi connectivity index (χ1) is 13.7. The van der Waals surface area contributed by atoms with Crippen molar-refractivity contribution in [2.75, 3.05) is 13.2 Å². The maximum Gasteiger partial charge on any atom is 0.292 e. The topological polar surface area (TPSA) is 68.5 Å². The van der Waals surface area contributed by atoms with Crippen molar-refractivity contribution in [3.63, 3.8) is 0 Å². The number of hydrogen-bond donors (Lipinski definition) is 0. The van der Waals surface area contributed by atoms with Crippen LogP contribution in [0.25, 0.3) is 11.3 Å². The fraction of sp³-hybridized carbons (Fsp3) is 0.286. The summed E-state index contributed by atoms with van der Waals surface area (Å²) in [5, 5.41) is 4.59. The van der Waals surface area contributed by atoms with Gasteiger partial charge in [0.25, 0.3) is 5.91 Å². The summed E-state index contributed by atoms with van der Waals surface area (Å²) in [5.74, 6) is -0.0733. The molecule has 0 bridgehead atoms. The highest BCUT2D eigenvalue weighted by Gasteiger charge is 2.26. The largest absolute Gasteiger partial charge is 0.376 e. The lowest BCUT2D eigenvalue weighted by Gasteiger charge is -2.24. The number of carbonyl (C=O) groups is 1. The molecule has 2 aromatic heterocycles. The van der Waals surface area contributed by atoms with Crippen molar-refractivity contribution < 1.29 is 14.1 Å². The molecule has 1 fully saturated rings. The molecule has 6 nitrogen and oxygen atoms in total. The minimum atomic E-state index is -0.244. The molecule has 1 amide bonds. The van der Waals surface area contributed by atoms with Crippen molar-refractivity contribution in [3.05, 3.63) is 71.2 Å². The molecule has 0 aliphatic carbocycles. The number of aromatic nitrogens is 2. The number of halogens is 2. The SMILES string of the molecule is Cl.O=C(c1cc(-c2ccccc2Cl)no1)N(Cc1ccccn1)CC1CCCO1. The van der Waals surface area contributed by atoms with Crippen LogP contribution in [-0.4, -0.2) is 40.2 Å². The monoisotopic (exact) mass is 433 g/mol. The van der Waals surface area contributed by atoms with E-state index in [1.807, 2.05) is 36.4 Å². The van der Waals surface area contributed by atoms with Gasteiger partial charge >= 0.3 is 0 Å². The van der Waals surface area contributed by atoms with Gasteiger partial charge in [0.2, 0.25) is 5.76 Å². The Bertz CT molecular complexity index is 943. The van der Waals surface area contributed by atoms with Crippen LogP contribution in [0.2, 0.25) is 5.02 Å². The summed E-state index contributed by atoms with van der Waals surface area (Å²) in [4.78, 5) is 19.2. The first-order valence-electron chi connectivity index (χ1n) is 9.23. The molecule has 3 heterocycles. The molecule has 4 rings (SSSR count). The van der Waals surface area contributed by atoms with E-state index in [0.717, 1.165) is 30.7 Å². The Labute approximate surface area is 180 Å². The number of rotatable bonds is 6. The number of pyridine rings is 1. The van der Waals surface area contributed by atoms with Gasteiger partial charge in [0, 0.05) is 31.0 Å². The van der Waals surface area contributed by atoms with Crippen LogP contribution in [0.5, 0.6) is 0 Å². The van der Waals surface area contributed by atoms with Crippen molar-refractivity contribution >= 4 is 29.9 Å². The summed E-state index contributed by atoms with van der Waals surface area (Å²) in [6, 6.07) is 14.6. The Balaban J connectivity index is 0.00000240. The second kappa shape index (κ2) is 9.87. The highest BCUT2D eigenvalue weighted by molar-refractivity contribution is 6.33. The summed E-state index contributed by atoms with van der Waals surface area (Å²) in [5.41, 5.74) is 2.06. The lowest BCUT2D eigenvalue weighted by Crippen LogP contribution is -2.37. The second-order valence-electron chi connectivity index (χ2n) is 6.70. The molecule has 1 saturated heterocycles. The van der Waals surface area contributed by atoms with Crippen LogP contribution in [0.4, 0.5) is 0 Å². The average Bonchev–Trinajstić information content (AvgIpc) is 3.40. The summed E-state index contributed by atoms with van der Waals surface area (Å²) in [6.45, 7) is 1.59. The number of ether oxygens (including phenoxy) is 1. The number of benzene rings is 1. The van der Waals surface area contributed by atoms with Crippen LogP contribution in [0.15, 0.2) is 59.3 Å². The summed E-state index contributed by atoms with van der Waals surface area (Å²) >= 11 is 6.23. The molecule has 1 aromatic carbocycles. The lowest BCUT2D eigenvalue weighted by molar-refractivity contribution is 0.0474. The number of nitrogens with zero attached hydrogens (tertiary/aromatic N) is 3. The van der Waals surface area contributed by atoms with Gasteiger partial charge in [-0.25, -0.2) is 0 Å². The zero-order chi connectivity index (χ0) is 19.3. The maximum absolute atomic E-state index is 13.1. The van der Waals surface area contributed by atoms with Crippen LogP contribution >= 0.6 is 24.0 Å². The third kappa shape index (κ3) is 5.15. The van der Waals surface area contributed by atoms with Gasteiger partial charge < -0.3 is 14.2 Å². The molecule has 0 spiro atoms. The average molecular weight is 434 g/mol. The molecule has 0 radical (unpaired) electrons. The first-order valence-corrected chi connectivity index (χ1v) is 9.61. The molecule has 1 unspecified atom stereocenters. The number of amides is 1. The van der Waals surface area contributed by atoms with Crippen molar-refractivity contribution in [2.45, 2.75) is 25.5 Å². The summed E-state index contributed by atoms with van der Waals surface area (Å²) < 4.78 is 11.1. The Kier molecular flexibility index (Phi) is 7.25. The highest BCUT2D eigenvalue weighted by Crippen LogP contribution is 2.27. The summed E-state index contributed by atoms with van der Waals surface area (Å²) in [6.07, 6.45) is 3.69. The van der Waals surface area contributed by atoms with Gasteiger partial charge in [0.1, 0.15) is 5.69 Å². The van der Waals surface area contributed by atoms with Gasteiger partial charge in [-0.1, -0.05) is 41.0 Å². The van der Waals surface area contributed by atoms with Gasteiger partial charge in [-0.15, -0.1) is 12.4 Å². The van der Waals surface area contributed by atoms with E-state index in [0.29, 0.717) is 23.8 Å². The van der Waals surface area contributed by atoms with E-state index < -0.39 is 0 Å². The van der Waals surface area contributed by atoms with Crippen LogP contribution in [0.3, 0.4) is 0 Å². The molecule has 1 aliphatic heterocycles. The van der Waals surface area contributed by atoms with E-state index in [9.17, 15) is 4.79 Å². The molecular formula is C21H21Cl2N3O3. The predicted molar refractivity (Wildman–Crippen MR) is 112 cm³/mol. The molecule has 8 heteroatoms. The van der Waals surface area contributed by atoms with E-state index in [1.54, 1.807) is 23.2 Å². The standard InChI is InChI=1S/C21H20ClN3O3.ClH/c22-18-9-2-1-8-17(18)19-12-20(28-24-19)21(26)25(14-16-7-5-11-27-16)13-15-6-3-4-10-23-15;/h1-4,6,8-10,12,16H,5,7,11,13-14H2;1H. The van der Waals surface area contributed by atoms with Crippen LogP contribution < -0.4 is 0 Å². The minimum absolute atomic E-state index is 0. The number of hydrogen-bond acceptors (Lipinski definition) is 5. The van der Waals surface area contributed by atoms with Crippen LogP contribution in [0, 0.1) is 0 Å². The van der Waals surface area contributed by atoms with Gasteiger partial charge in [0.15, 0.2) is 0 Å². The van der Waals surface area contributed by atoms with Gasteiger partial charge in [-0.3, -0.25) is 9.78 Å². The lowest BCUT2D eigenvalue weighted by atomic mass is 10.1. The third-order valence-corrected chi connectivity index (χ3v) is 5.01. The summed E-state index contributed by atoms with van der Waals surface area (Å²) in [7, 11) is 0. The second-order valence-corrected chi connectivity index (χ2v) is 7.11. The van der Waals surface area contributed by atoms with Gasteiger partial charge in [-0.05, 0) is 31.0 Å². The molecule has 152 valence electrons. The van der Waals surface area contributed by atoms with Crippen LogP contribution in [-0.2, 0) is 11.3 Å². The van der Waals surface area contributed by atoms with Crippen molar-refractivity contribution in [3.8, 4) is 11.3 Å². The van der Waals surface area contributed by atoms with E-state index in [2.05, 4.69) is 10.1 Å². The molecule has 0 saturated carbocycles. The van der Waals surface area contributed by atoms with Crippen molar-refractivity contribution in [1.29, 1.82) is 0 Å². The minimum Gasteiger partial charge on any atom is -0.376 e. The smallest absolute Gasteiger partial charge is 0.292 e. The Hall–Kier alpha value is -2.41. The first kappa shape index (κ1) is 21.3. The van der Waals surface area contributed by atoms with Crippen LogP contribution in [0.1, 0.15) is 29.1 Å². The Morgan fingerprint density at radius 3 is 2.76 bits per heavy atom. The molecule has 0 N–H and O–H groups in total. The van der Waals surface area contributed by atoms with E-state index >= 15 is 0 Å². The van der Waals surface area contributed by atoms with Crippen molar-refractivity contribution in [1.82, 2.24) is 15.0 Å². The van der Waals surface area contributed by atoms with E-state index in [-0.39, 0.29) is 30.2 Å². The highest BCUT2D eigenvalue weighted by atomic mass is 35.5. The van der Waals surface area contributed by atoms with Gasteiger partial charge in [-0.2, -0.15) is 0 Å². The number of carbonyl (C=O) groups excluding carboxylic acids is 1. The molecule has 1 atom stereocenters. The fourth-order valence-corrected chi connectivity index (χ4v) is 3.50. The molecule has 3 aromatic rings. The molecule has 1 aliphatic rings. The Morgan fingerprint density at radius 1 is 1.21 bits per heavy atom. The molecule has 29 heavy (non-hydrogen) atoms. The zero-order valence-corrected chi connectivity index (χ0v) is 17.2. The Morgan fingerprint density at radius 2 is 2.03 bits per heavy atom. The van der Waals surface area contributed by atoms with E-state index in [4.69, 9.17) is 20.9 Å². The maximum atomic E-state index is 13.1. The third-order valence-electron chi connectivity index (χ3n) is 4.68. The van der Waals surface area contributed by atoms with Crippen molar-refractivity contribution in [2.24, 2.45) is 0 Å². The predicted octanol–water partition coefficient (Wildman–Crippen LogP) is 4.63. The van der Waals surface area contributed by atoms with Gasteiger partial charge in [0.05, 0.1) is 23.4 Å². The molecular weight excluding hydrogens is 413 g/mol. The zero-order valence-electron chi connectivity index (χ0n) is 15.7. The van der Waals surface area contributed by atoms with E-state index in [1.165, 1.54) is 0 Å². The fourth-order valence-electron chi connectivity index (χ4n) is 3.27. The quantitative estimate of drug-likeness (QED) is 0.566. The normalized spacial score (nSPS) is 15.7.